The van der Waals surface area contributed by atoms with Gasteiger partial charge in [-0.05, 0) is 71.3 Å². The second kappa shape index (κ2) is 21.3. The Bertz CT molecular complexity index is 1280. The molecule has 2 unspecified atom stereocenters. The van der Waals surface area contributed by atoms with Crippen LogP contribution in [0.5, 0.6) is 11.5 Å². The molecule has 0 bridgehead atoms. The average molecular weight is 775 g/mol. The smallest absolute Gasteiger partial charge is 0.126 e. The Kier molecular flexibility index (Phi) is 17.7. The molecule has 0 aromatic heterocycles. The molecule has 2 atom stereocenters. The molecule has 0 radical (unpaired) electrons. The monoisotopic (exact) mass is 775 g/mol. The van der Waals surface area contributed by atoms with E-state index >= 15 is 0 Å². The van der Waals surface area contributed by atoms with E-state index in [4.69, 9.17) is 18.9 Å². The van der Waals surface area contributed by atoms with Gasteiger partial charge >= 0.3 is 0 Å². The summed E-state index contributed by atoms with van der Waals surface area (Å²) < 4.78 is 25.1. The predicted molar refractivity (Wildman–Crippen MR) is 239 cm³/mol. The third kappa shape index (κ3) is 13.8. The first-order chi connectivity index (χ1) is 26.6. The molecule has 2 aliphatic heterocycles. The highest BCUT2D eigenvalue weighted by Crippen LogP contribution is 2.47. The molecule has 4 heteroatoms. The molecule has 2 heterocycles. The van der Waals surface area contributed by atoms with Crippen LogP contribution in [0.1, 0.15) is 219 Å². The Hall–Kier alpha value is -2.04. The van der Waals surface area contributed by atoms with Crippen LogP contribution in [0.3, 0.4) is 0 Å². The topological polar surface area (TPSA) is 43.5 Å². The van der Waals surface area contributed by atoms with Gasteiger partial charge in [0.1, 0.15) is 36.9 Å². The summed E-state index contributed by atoms with van der Waals surface area (Å²) in [6.45, 7) is 31.8. The first-order valence-electron chi connectivity index (χ1n) is 23.4. The van der Waals surface area contributed by atoms with Gasteiger partial charge in [-0.3, -0.25) is 0 Å². The van der Waals surface area contributed by atoms with E-state index in [2.05, 4.69) is 107 Å². The first-order valence-corrected chi connectivity index (χ1v) is 23.4. The molecule has 2 fully saturated rings. The van der Waals surface area contributed by atoms with Crippen LogP contribution in [0.15, 0.2) is 24.3 Å². The van der Waals surface area contributed by atoms with Crippen LogP contribution < -0.4 is 9.47 Å². The van der Waals surface area contributed by atoms with Crippen LogP contribution in [-0.4, -0.2) is 38.6 Å². The van der Waals surface area contributed by atoms with Crippen LogP contribution in [0.4, 0.5) is 0 Å². The number of ether oxygens (including phenoxy) is 4. The van der Waals surface area contributed by atoms with Crippen molar-refractivity contribution in [1.82, 2.24) is 0 Å². The second-order valence-corrected chi connectivity index (χ2v) is 20.4. The van der Waals surface area contributed by atoms with Gasteiger partial charge in [0.15, 0.2) is 0 Å². The zero-order valence-corrected chi connectivity index (χ0v) is 38.7. The summed E-state index contributed by atoms with van der Waals surface area (Å²) >= 11 is 0. The SMILES string of the molecule is CCCCCC(C)(C)c1cc(CCc2cc(C(C)(C)CCCCC)c(OCC3CO3)c(C(C)(C)CCCCC)c2)cc(C(C)(C)CCCCC)c1OCC1CO1. The molecule has 0 amide bonds. The van der Waals surface area contributed by atoms with Crippen molar-refractivity contribution in [2.75, 3.05) is 26.4 Å². The minimum atomic E-state index is 0.00872. The average Bonchev–Trinajstić information content (AvgIpc) is 4.09. The Balaban J connectivity index is 1.82. The fraction of sp³-hybridized carbons (Fsp3) is 0.769. The molecule has 4 rings (SSSR count). The molecule has 56 heavy (non-hydrogen) atoms. The van der Waals surface area contributed by atoms with E-state index in [0.717, 1.165) is 63.2 Å². The van der Waals surface area contributed by atoms with E-state index in [1.54, 1.807) is 0 Å². The van der Waals surface area contributed by atoms with Crippen LogP contribution in [0, 0.1) is 0 Å². The third-order valence-electron chi connectivity index (χ3n) is 13.2. The molecular formula is C52H86O4. The minimum absolute atomic E-state index is 0.00872. The van der Waals surface area contributed by atoms with E-state index in [1.807, 2.05) is 0 Å². The fourth-order valence-electron chi connectivity index (χ4n) is 8.76. The molecule has 0 N–H and O–H groups in total. The third-order valence-corrected chi connectivity index (χ3v) is 13.2. The number of benzene rings is 2. The summed E-state index contributed by atoms with van der Waals surface area (Å²) in [5.41, 5.74) is 8.50. The highest BCUT2D eigenvalue weighted by atomic mass is 16.6. The Morgan fingerprint density at radius 2 is 0.696 bits per heavy atom. The van der Waals surface area contributed by atoms with Crippen molar-refractivity contribution in [2.45, 2.75) is 233 Å². The number of hydrogen-bond donors (Lipinski definition) is 0. The number of aryl methyl sites for hydroxylation is 2. The molecule has 0 spiro atoms. The molecule has 2 saturated heterocycles. The molecule has 0 saturated carbocycles. The maximum absolute atomic E-state index is 6.89. The summed E-state index contributed by atoms with van der Waals surface area (Å²) in [6, 6.07) is 10.2. The molecule has 4 nitrogen and oxygen atoms in total. The maximum atomic E-state index is 6.89. The Morgan fingerprint density at radius 3 is 0.911 bits per heavy atom. The summed E-state index contributed by atoms with van der Waals surface area (Å²) in [5, 5.41) is 0. The molecule has 2 aliphatic rings. The van der Waals surface area contributed by atoms with Gasteiger partial charge in [-0.15, -0.1) is 0 Å². The van der Waals surface area contributed by atoms with E-state index < -0.39 is 0 Å². The van der Waals surface area contributed by atoms with E-state index in [9.17, 15) is 0 Å². The highest BCUT2D eigenvalue weighted by Gasteiger charge is 2.36. The van der Waals surface area contributed by atoms with Gasteiger partial charge in [0.2, 0.25) is 0 Å². The normalized spacial score (nSPS) is 17.4. The fourth-order valence-corrected chi connectivity index (χ4v) is 8.76. The molecule has 2 aromatic rings. The lowest BCUT2D eigenvalue weighted by molar-refractivity contribution is 0.249. The van der Waals surface area contributed by atoms with Crippen LogP contribution >= 0.6 is 0 Å². The molecule has 0 aliphatic carbocycles. The zero-order chi connectivity index (χ0) is 41.0. The quantitative estimate of drug-likeness (QED) is 0.0610. The van der Waals surface area contributed by atoms with Crippen molar-refractivity contribution in [3.63, 3.8) is 0 Å². The lowest BCUT2D eigenvalue weighted by Crippen LogP contribution is -2.26. The van der Waals surface area contributed by atoms with Gasteiger partial charge in [-0.25, -0.2) is 0 Å². The zero-order valence-electron chi connectivity index (χ0n) is 38.7. The first kappa shape index (κ1) is 46.6. The largest absolute Gasteiger partial charge is 0.490 e. The van der Waals surface area contributed by atoms with Gasteiger partial charge in [0.25, 0.3) is 0 Å². The standard InChI is InChI=1S/C52H86O4/c1-13-17-21-27-49(5,6)43-31-39(32-44(47(43)55-37-41-35-53-41)50(7,8)28-22-18-14-2)25-26-40-33-45(51(9,10)29-23-19-15-3)48(56-38-42-36-54-42)46(34-40)52(11,12)30-24-20-16-4/h31-34,41-42H,13-30,35-38H2,1-12H3. The number of epoxide rings is 2. The molecule has 2 aromatic carbocycles. The van der Waals surface area contributed by atoms with Crippen molar-refractivity contribution in [1.29, 1.82) is 0 Å². The van der Waals surface area contributed by atoms with Gasteiger partial charge in [0.05, 0.1) is 13.2 Å². The summed E-state index contributed by atoms with van der Waals surface area (Å²) in [5.74, 6) is 2.28. The summed E-state index contributed by atoms with van der Waals surface area (Å²) in [7, 11) is 0. The minimum Gasteiger partial charge on any atom is -0.490 e. The lowest BCUT2D eigenvalue weighted by Gasteiger charge is -2.35. The Labute approximate surface area is 346 Å². The Morgan fingerprint density at radius 1 is 0.446 bits per heavy atom. The van der Waals surface area contributed by atoms with Crippen molar-refractivity contribution < 1.29 is 18.9 Å². The van der Waals surface area contributed by atoms with E-state index in [-0.39, 0.29) is 33.9 Å². The van der Waals surface area contributed by atoms with Crippen molar-refractivity contribution >= 4 is 0 Å². The van der Waals surface area contributed by atoms with E-state index in [0.29, 0.717) is 13.2 Å². The highest BCUT2D eigenvalue weighted by molar-refractivity contribution is 5.53. The number of hydrogen-bond acceptors (Lipinski definition) is 4. The maximum Gasteiger partial charge on any atom is 0.126 e. The van der Waals surface area contributed by atoms with Crippen molar-refractivity contribution in [3.05, 3.63) is 57.6 Å². The molecular weight excluding hydrogens is 689 g/mol. The number of rotatable bonds is 29. The van der Waals surface area contributed by atoms with Crippen LogP contribution in [0.2, 0.25) is 0 Å². The van der Waals surface area contributed by atoms with Gasteiger partial charge < -0.3 is 18.9 Å². The second-order valence-electron chi connectivity index (χ2n) is 20.4. The summed E-state index contributed by atoms with van der Waals surface area (Å²) in [6.07, 6.45) is 22.1. The van der Waals surface area contributed by atoms with Crippen molar-refractivity contribution in [3.8, 4) is 11.5 Å². The number of unbranched alkanes of at least 4 members (excludes halogenated alkanes) is 8. The van der Waals surface area contributed by atoms with E-state index in [1.165, 1.54) is 110 Å². The van der Waals surface area contributed by atoms with Gasteiger partial charge in [-0.1, -0.05) is 184 Å². The molecule has 318 valence electrons. The van der Waals surface area contributed by atoms with Crippen molar-refractivity contribution in [2.24, 2.45) is 0 Å². The van der Waals surface area contributed by atoms with Crippen LogP contribution in [0.25, 0.3) is 0 Å². The van der Waals surface area contributed by atoms with Gasteiger partial charge in [0, 0.05) is 22.3 Å². The van der Waals surface area contributed by atoms with Gasteiger partial charge in [-0.2, -0.15) is 0 Å². The lowest BCUT2D eigenvalue weighted by atomic mass is 9.72. The predicted octanol–water partition coefficient (Wildman–Crippen LogP) is 14.5. The summed E-state index contributed by atoms with van der Waals surface area (Å²) in [4.78, 5) is 0. The van der Waals surface area contributed by atoms with Crippen LogP contribution in [-0.2, 0) is 44.0 Å².